The minimum Gasteiger partial charge on any atom is -0.673 e. The van der Waals surface area contributed by atoms with Crippen molar-refractivity contribution in [2.75, 3.05) is 50.3 Å². The molecule has 2 heterocycles. The van der Waals surface area contributed by atoms with Crippen molar-refractivity contribution in [2.24, 2.45) is 0 Å². The van der Waals surface area contributed by atoms with Gasteiger partial charge in [-0.3, -0.25) is 4.79 Å². The molecule has 118 valence electrons. The molecule has 1 aromatic rings. The van der Waals surface area contributed by atoms with Crippen LogP contribution in [0.5, 0.6) is 5.75 Å². The van der Waals surface area contributed by atoms with E-state index in [0.29, 0.717) is 13.3 Å². The predicted molar refractivity (Wildman–Crippen MR) is 84.1 cm³/mol. The molecule has 1 amide bonds. The van der Waals surface area contributed by atoms with Crippen LogP contribution in [0.3, 0.4) is 0 Å². The van der Waals surface area contributed by atoms with E-state index in [2.05, 4.69) is 20.9 Å². The predicted octanol–water partition coefficient (Wildman–Crippen LogP) is 1.25. The van der Waals surface area contributed by atoms with Crippen molar-refractivity contribution in [1.82, 2.24) is 5.32 Å². The minimum atomic E-state index is -0.176. The van der Waals surface area contributed by atoms with Gasteiger partial charge in [0.2, 0.25) is 5.91 Å². The van der Waals surface area contributed by atoms with Crippen LogP contribution in [0.2, 0.25) is 0 Å². The van der Waals surface area contributed by atoms with Crippen LogP contribution < -0.4 is 20.3 Å². The fourth-order valence-corrected chi connectivity index (χ4v) is 2.49. The molecule has 0 saturated heterocycles. The van der Waals surface area contributed by atoms with Crippen LogP contribution in [0.25, 0.3) is 5.32 Å². The molecule has 1 aromatic carbocycles. The van der Waals surface area contributed by atoms with Gasteiger partial charge in [-0.25, -0.2) is 0 Å². The summed E-state index contributed by atoms with van der Waals surface area (Å²) in [6.07, 6.45) is 1.86. The Morgan fingerprint density at radius 3 is 3.23 bits per heavy atom. The monoisotopic (exact) mass is 303 g/mol. The number of rotatable bonds is 5. The number of nitrogens with one attached hydrogen (secondary N) is 2. The molecule has 0 saturated carbocycles. The summed E-state index contributed by atoms with van der Waals surface area (Å²) in [7, 11) is 1.50. The molecule has 2 aliphatic heterocycles. The third-order valence-electron chi connectivity index (χ3n) is 3.48. The highest BCUT2D eigenvalue weighted by atomic mass is 16.5. The Labute approximate surface area is 129 Å². The molecule has 0 aliphatic carbocycles. The average Bonchev–Trinajstić information content (AvgIpc) is 3.01. The highest BCUT2D eigenvalue weighted by molar-refractivity contribution is 5.92. The third-order valence-corrected chi connectivity index (χ3v) is 3.48. The first kappa shape index (κ1) is 14.5. The molecule has 22 heavy (non-hydrogen) atoms. The topological polar surface area (TPSA) is 76.9 Å². The lowest BCUT2D eigenvalue weighted by atomic mass is 10.2. The van der Waals surface area contributed by atoms with Crippen molar-refractivity contribution in [3.8, 4) is 5.75 Å². The van der Waals surface area contributed by atoms with Crippen molar-refractivity contribution in [1.29, 1.82) is 0 Å². The van der Waals surface area contributed by atoms with Crippen LogP contribution in [0.15, 0.2) is 30.1 Å². The molecule has 0 spiro atoms. The first-order valence-electron chi connectivity index (χ1n) is 7.16. The number of ether oxygens (including phenoxy) is 2. The Bertz CT molecular complexity index is 588. The van der Waals surface area contributed by atoms with E-state index in [1.54, 1.807) is 0 Å². The number of hydrogen-bond donors (Lipinski definition) is 2. The van der Waals surface area contributed by atoms with Crippen molar-refractivity contribution >= 4 is 17.3 Å². The molecule has 0 radical (unpaired) electrons. The summed E-state index contributed by atoms with van der Waals surface area (Å²) >= 11 is 0. The number of anilines is 2. The summed E-state index contributed by atoms with van der Waals surface area (Å²) in [6.45, 7) is 2.86. The van der Waals surface area contributed by atoms with Crippen LogP contribution >= 0.6 is 0 Å². The second-order valence-electron chi connectivity index (χ2n) is 5.11. The first-order valence-corrected chi connectivity index (χ1v) is 7.16. The second-order valence-corrected chi connectivity index (χ2v) is 5.11. The maximum absolute atomic E-state index is 11.6. The SMILES string of the molecule is COCC(=O)Nc1ccc2c(c1)N(CC1=C[N-]CN1)CCO2. The van der Waals surface area contributed by atoms with Crippen molar-refractivity contribution < 1.29 is 14.3 Å². The van der Waals surface area contributed by atoms with E-state index in [0.717, 1.165) is 35.9 Å². The zero-order valence-corrected chi connectivity index (χ0v) is 12.5. The molecular formula is C15H19N4O3-. The van der Waals surface area contributed by atoms with E-state index in [1.807, 2.05) is 24.4 Å². The highest BCUT2D eigenvalue weighted by Gasteiger charge is 2.19. The van der Waals surface area contributed by atoms with Crippen LogP contribution in [0.1, 0.15) is 0 Å². The number of amides is 1. The quantitative estimate of drug-likeness (QED) is 0.856. The van der Waals surface area contributed by atoms with Gasteiger partial charge in [-0.1, -0.05) is 6.67 Å². The maximum atomic E-state index is 11.6. The van der Waals surface area contributed by atoms with Crippen molar-refractivity contribution in [3.05, 3.63) is 35.4 Å². The summed E-state index contributed by atoms with van der Waals surface area (Å²) in [5.41, 5.74) is 2.78. The Morgan fingerprint density at radius 1 is 1.55 bits per heavy atom. The van der Waals surface area contributed by atoms with Crippen molar-refractivity contribution in [3.63, 3.8) is 0 Å². The van der Waals surface area contributed by atoms with Gasteiger partial charge in [-0.2, -0.15) is 6.20 Å². The lowest BCUT2D eigenvalue weighted by molar-refractivity contribution is -0.119. The van der Waals surface area contributed by atoms with Crippen LogP contribution in [-0.4, -0.2) is 46.0 Å². The van der Waals surface area contributed by atoms with Gasteiger partial charge in [0.1, 0.15) is 19.0 Å². The summed E-state index contributed by atoms with van der Waals surface area (Å²) < 4.78 is 10.5. The zero-order chi connectivity index (χ0) is 15.4. The fraction of sp³-hybridized carbons (Fsp3) is 0.400. The summed E-state index contributed by atoms with van der Waals surface area (Å²) in [5.74, 6) is 0.649. The van der Waals surface area contributed by atoms with E-state index < -0.39 is 0 Å². The molecule has 7 heteroatoms. The Balaban J connectivity index is 1.76. The number of nitrogens with zero attached hydrogens (tertiary/aromatic N) is 2. The van der Waals surface area contributed by atoms with E-state index >= 15 is 0 Å². The number of methoxy groups -OCH3 is 1. The maximum Gasteiger partial charge on any atom is 0.250 e. The standard InChI is InChI=1S/C15H19N4O3/c1-21-9-15(20)18-11-2-3-14-13(6-11)19(4-5-22-14)8-12-7-16-10-17-12/h2-3,6-7,17H,4-5,8-10H2,1H3,(H,18,20)/q-1. The minimum absolute atomic E-state index is 0.0373. The second kappa shape index (κ2) is 6.57. The van der Waals surface area contributed by atoms with Gasteiger partial charge in [0.05, 0.1) is 18.8 Å². The van der Waals surface area contributed by atoms with Gasteiger partial charge < -0.3 is 30.3 Å². The van der Waals surface area contributed by atoms with Crippen molar-refractivity contribution in [2.45, 2.75) is 0 Å². The van der Waals surface area contributed by atoms with Gasteiger partial charge >= 0.3 is 0 Å². The Hall–Kier alpha value is -2.41. The van der Waals surface area contributed by atoms with Gasteiger partial charge in [-0.05, 0) is 18.2 Å². The molecule has 0 unspecified atom stereocenters. The lowest BCUT2D eigenvalue weighted by Crippen LogP contribution is -2.36. The molecule has 3 rings (SSSR count). The van der Waals surface area contributed by atoms with Gasteiger partial charge in [0.15, 0.2) is 0 Å². The normalized spacial score (nSPS) is 16.0. The van der Waals surface area contributed by atoms with E-state index in [4.69, 9.17) is 9.47 Å². The Kier molecular flexibility index (Phi) is 4.34. The average molecular weight is 303 g/mol. The highest BCUT2D eigenvalue weighted by Crippen LogP contribution is 2.34. The number of fused-ring (bicyclic) bond motifs is 1. The largest absolute Gasteiger partial charge is 0.673 e. The fourth-order valence-electron chi connectivity index (χ4n) is 2.49. The van der Waals surface area contributed by atoms with Crippen LogP contribution in [0.4, 0.5) is 11.4 Å². The number of benzene rings is 1. The summed E-state index contributed by atoms with van der Waals surface area (Å²) in [5, 5.41) is 10.2. The molecule has 2 N–H and O–H groups in total. The first-order chi connectivity index (χ1) is 10.8. The molecular weight excluding hydrogens is 284 g/mol. The molecule has 0 atom stereocenters. The van der Waals surface area contributed by atoms with Gasteiger partial charge in [0, 0.05) is 18.5 Å². The van der Waals surface area contributed by atoms with E-state index in [1.165, 1.54) is 7.11 Å². The molecule has 0 bridgehead atoms. The van der Waals surface area contributed by atoms with Crippen LogP contribution in [0, 0.1) is 0 Å². The molecule has 0 aromatic heterocycles. The molecule has 2 aliphatic rings. The summed E-state index contributed by atoms with van der Waals surface area (Å²) in [4.78, 5) is 13.8. The van der Waals surface area contributed by atoms with Crippen LogP contribution in [-0.2, 0) is 9.53 Å². The smallest absolute Gasteiger partial charge is 0.250 e. The van der Waals surface area contributed by atoms with Gasteiger partial charge in [0.25, 0.3) is 0 Å². The summed E-state index contributed by atoms with van der Waals surface area (Å²) in [6, 6.07) is 5.64. The lowest BCUT2D eigenvalue weighted by Gasteiger charge is -2.32. The molecule has 7 nitrogen and oxygen atoms in total. The zero-order valence-electron chi connectivity index (χ0n) is 12.5. The third kappa shape index (κ3) is 3.25. The Morgan fingerprint density at radius 2 is 2.45 bits per heavy atom. The van der Waals surface area contributed by atoms with E-state index in [9.17, 15) is 4.79 Å². The molecule has 0 fully saturated rings. The number of carbonyl (C=O) groups excluding carboxylic acids is 1. The van der Waals surface area contributed by atoms with E-state index in [-0.39, 0.29) is 12.5 Å². The number of hydrogen-bond acceptors (Lipinski definition) is 5. The number of carbonyl (C=O) groups is 1. The van der Waals surface area contributed by atoms with Gasteiger partial charge in [-0.15, -0.1) is 0 Å².